The fraction of sp³-hybridized carbons (Fsp3) is 0.500. The smallest absolute Gasteiger partial charge is 0.326 e. The minimum atomic E-state index is -1.24. The SMILES string of the molecule is CC(NC(=O)C(N)C(C)O)C(=O)NC(CCCN=C(N)N)C(=O)NC(Cc1ccccc1)C(=O)O. The van der Waals surface area contributed by atoms with Gasteiger partial charge in [0, 0.05) is 13.0 Å². The lowest BCUT2D eigenvalue weighted by Gasteiger charge is -2.24. The third-order valence-electron chi connectivity index (χ3n) is 5.05. The number of carbonyl (C=O) groups is 4. The first kappa shape index (κ1) is 29.3. The maximum absolute atomic E-state index is 12.9. The van der Waals surface area contributed by atoms with Gasteiger partial charge in [0.05, 0.1) is 6.10 Å². The Hall–Kier alpha value is -3.71. The first-order valence-electron chi connectivity index (χ1n) is 11.1. The molecule has 0 fully saturated rings. The van der Waals surface area contributed by atoms with E-state index in [9.17, 15) is 29.4 Å². The van der Waals surface area contributed by atoms with Crippen LogP contribution in [0.15, 0.2) is 35.3 Å². The highest BCUT2D eigenvalue weighted by molar-refractivity contribution is 5.94. The zero-order chi connectivity index (χ0) is 26.5. The molecule has 0 radical (unpaired) electrons. The molecule has 5 atom stereocenters. The normalized spacial score (nSPS) is 15.0. The van der Waals surface area contributed by atoms with Crippen molar-refractivity contribution in [2.45, 2.75) is 63.4 Å². The van der Waals surface area contributed by atoms with Crippen LogP contribution in [-0.4, -0.2) is 76.7 Å². The summed E-state index contributed by atoms with van der Waals surface area (Å²) in [5, 5.41) is 26.3. The highest BCUT2D eigenvalue weighted by atomic mass is 16.4. The lowest BCUT2D eigenvalue weighted by molar-refractivity contribution is -0.142. The minimum Gasteiger partial charge on any atom is -0.480 e. The van der Waals surface area contributed by atoms with Crippen molar-refractivity contribution in [1.29, 1.82) is 0 Å². The number of aliphatic carboxylic acids is 1. The number of aliphatic hydroxyl groups excluding tert-OH is 1. The zero-order valence-electron chi connectivity index (χ0n) is 19.8. The van der Waals surface area contributed by atoms with Crippen LogP contribution in [0.25, 0.3) is 0 Å². The van der Waals surface area contributed by atoms with E-state index in [0.717, 1.165) is 0 Å². The van der Waals surface area contributed by atoms with Crippen molar-refractivity contribution in [1.82, 2.24) is 16.0 Å². The van der Waals surface area contributed by atoms with Crippen molar-refractivity contribution < 1.29 is 29.4 Å². The highest BCUT2D eigenvalue weighted by Gasteiger charge is 2.29. The number of nitrogens with one attached hydrogen (secondary N) is 3. The number of nitrogens with zero attached hydrogens (tertiary/aromatic N) is 1. The van der Waals surface area contributed by atoms with Crippen LogP contribution in [0.1, 0.15) is 32.3 Å². The Morgan fingerprint density at radius 2 is 1.54 bits per heavy atom. The lowest BCUT2D eigenvalue weighted by Crippen LogP contribution is -2.57. The van der Waals surface area contributed by atoms with Crippen molar-refractivity contribution in [3.05, 3.63) is 35.9 Å². The Labute approximate surface area is 203 Å². The molecule has 3 amide bonds. The largest absolute Gasteiger partial charge is 0.480 e. The van der Waals surface area contributed by atoms with E-state index in [1.807, 2.05) is 0 Å². The molecule has 0 aliphatic rings. The minimum absolute atomic E-state index is 0.0419. The van der Waals surface area contributed by atoms with Crippen LogP contribution in [-0.2, 0) is 25.6 Å². The first-order valence-corrected chi connectivity index (χ1v) is 11.1. The highest BCUT2D eigenvalue weighted by Crippen LogP contribution is 2.06. The molecule has 0 aliphatic heterocycles. The predicted molar refractivity (Wildman–Crippen MR) is 129 cm³/mol. The number of amides is 3. The summed E-state index contributed by atoms with van der Waals surface area (Å²) in [4.78, 5) is 53.2. The van der Waals surface area contributed by atoms with Gasteiger partial charge < -0.3 is 43.4 Å². The topological polar surface area (TPSA) is 235 Å². The number of guanidine groups is 1. The zero-order valence-corrected chi connectivity index (χ0v) is 19.8. The Morgan fingerprint density at radius 3 is 2.09 bits per heavy atom. The van der Waals surface area contributed by atoms with Crippen molar-refractivity contribution in [3.63, 3.8) is 0 Å². The van der Waals surface area contributed by atoms with E-state index in [0.29, 0.717) is 12.0 Å². The fourth-order valence-corrected chi connectivity index (χ4v) is 2.99. The van der Waals surface area contributed by atoms with E-state index < -0.39 is 54.0 Å². The van der Waals surface area contributed by atoms with E-state index in [4.69, 9.17) is 17.2 Å². The Morgan fingerprint density at radius 1 is 0.943 bits per heavy atom. The van der Waals surface area contributed by atoms with E-state index in [2.05, 4.69) is 20.9 Å². The second kappa shape index (κ2) is 14.5. The first-order chi connectivity index (χ1) is 16.4. The van der Waals surface area contributed by atoms with Gasteiger partial charge in [-0.25, -0.2) is 4.79 Å². The summed E-state index contributed by atoms with van der Waals surface area (Å²) in [7, 11) is 0. The van der Waals surface area contributed by atoms with Crippen LogP contribution < -0.4 is 33.2 Å². The second-order valence-electron chi connectivity index (χ2n) is 8.10. The van der Waals surface area contributed by atoms with Crippen LogP contribution in [0.3, 0.4) is 0 Å². The Bertz CT molecular complexity index is 890. The number of hydrogen-bond acceptors (Lipinski definition) is 7. The maximum atomic E-state index is 12.9. The summed E-state index contributed by atoms with van der Waals surface area (Å²) in [5.74, 6) is -3.53. The number of nitrogens with two attached hydrogens (primary N) is 3. The number of aliphatic imine (C=N–C) groups is 1. The number of carbonyl (C=O) groups excluding carboxylic acids is 3. The van der Waals surface area contributed by atoms with E-state index >= 15 is 0 Å². The predicted octanol–water partition coefficient (Wildman–Crippen LogP) is -2.45. The molecule has 11 N–H and O–H groups in total. The van der Waals surface area contributed by atoms with Gasteiger partial charge >= 0.3 is 5.97 Å². The van der Waals surface area contributed by atoms with Gasteiger partial charge in [0.2, 0.25) is 17.7 Å². The molecule has 0 bridgehead atoms. The van der Waals surface area contributed by atoms with Gasteiger partial charge in [-0.3, -0.25) is 19.4 Å². The molecule has 1 rings (SSSR count). The molecule has 0 saturated carbocycles. The molecule has 0 aromatic heterocycles. The molecule has 13 heteroatoms. The number of rotatable bonds is 14. The van der Waals surface area contributed by atoms with Crippen LogP contribution in [0, 0.1) is 0 Å². The third kappa shape index (κ3) is 10.8. The van der Waals surface area contributed by atoms with Gasteiger partial charge in [-0.15, -0.1) is 0 Å². The molecule has 1 aromatic carbocycles. The van der Waals surface area contributed by atoms with Crippen LogP contribution in [0.5, 0.6) is 0 Å². The molecular formula is C22H35N7O6. The fourth-order valence-electron chi connectivity index (χ4n) is 2.99. The molecule has 13 nitrogen and oxygen atoms in total. The lowest BCUT2D eigenvalue weighted by atomic mass is 10.0. The number of carboxylic acid groups (broad SMARTS) is 1. The van der Waals surface area contributed by atoms with Gasteiger partial charge in [-0.1, -0.05) is 30.3 Å². The van der Waals surface area contributed by atoms with Crippen molar-refractivity contribution in [2.24, 2.45) is 22.2 Å². The van der Waals surface area contributed by atoms with Gasteiger partial charge in [-0.2, -0.15) is 0 Å². The van der Waals surface area contributed by atoms with E-state index in [-0.39, 0.29) is 25.3 Å². The average molecular weight is 494 g/mol. The van der Waals surface area contributed by atoms with Crippen molar-refractivity contribution >= 4 is 29.7 Å². The monoisotopic (exact) mass is 493 g/mol. The van der Waals surface area contributed by atoms with Crippen LogP contribution >= 0.6 is 0 Å². The Balaban J connectivity index is 2.91. The molecule has 194 valence electrons. The average Bonchev–Trinajstić information content (AvgIpc) is 2.79. The van der Waals surface area contributed by atoms with Crippen molar-refractivity contribution in [3.8, 4) is 0 Å². The van der Waals surface area contributed by atoms with Crippen LogP contribution in [0.2, 0.25) is 0 Å². The van der Waals surface area contributed by atoms with Gasteiger partial charge in [-0.05, 0) is 32.3 Å². The molecule has 5 unspecified atom stereocenters. The molecule has 0 heterocycles. The summed E-state index contributed by atoms with van der Waals surface area (Å²) in [5.41, 5.74) is 16.9. The number of carboxylic acids is 1. The number of benzene rings is 1. The summed E-state index contributed by atoms with van der Waals surface area (Å²) < 4.78 is 0. The van der Waals surface area contributed by atoms with E-state index in [1.54, 1.807) is 30.3 Å². The quantitative estimate of drug-likeness (QED) is 0.0778. The van der Waals surface area contributed by atoms with Gasteiger partial charge in [0.1, 0.15) is 24.2 Å². The summed E-state index contributed by atoms with van der Waals surface area (Å²) in [6, 6.07) is 4.08. The summed E-state index contributed by atoms with van der Waals surface area (Å²) in [6.07, 6.45) is -0.683. The second-order valence-corrected chi connectivity index (χ2v) is 8.10. The van der Waals surface area contributed by atoms with E-state index in [1.165, 1.54) is 13.8 Å². The van der Waals surface area contributed by atoms with Crippen molar-refractivity contribution in [2.75, 3.05) is 6.54 Å². The van der Waals surface area contributed by atoms with Gasteiger partial charge in [0.25, 0.3) is 0 Å². The number of aliphatic hydroxyl groups is 1. The molecular weight excluding hydrogens is 458 g/mol. The molecule has 35 heavy (non-hydrogen) atoms. The molecule has 1 aromatic rings. The third-order valence-corrected chi connectivity index (χ3v) is 5.05. The van der Waals surface area contributed by atoms with Gasteiger partial charge in [0.15, 0.2) is 5.96 Å². The summed E-state index contributed by atoms with van der Waals surface area (Å²) >= 11 is 0. The van der Waals surface area contributed by atoms with Crippen LogP contribution in [0.4, 0.5) is 0 Å². The Kier molecular flexibility index (Phi) is 12.2. The molecule has 0 saturated heterocycles. The summed E-state index contributed by atoms with van der Waals surface area (Å²) in [6.45, 7) is 2.90. The standard InChI is InChI=1S/C22H35N7O6/c1-12(27-20(33)17(23)13(2)30)18(31)28-15(9-6-10-26-22(24)25)19(32)29-16(21(34)35)11-14-7-4-3-5-8-14/h3-5,7-8,12-13,15-17,30H,6,9-11,23H2,1-2H3,(H,27,33)(H,28,31)(H,29,32)(H,34,35)(H4,24,25,26). The number of hydrogen-bond donors (Lipinski definition) is 8. The molecule has 0 aliphatic carbocycles. The maximum Gasteiger partial charge on any atom is 0.326 e. The molecule has 0 spiro atoms.